The van der Waals surface area contributed by atoms with Crippen molar-refractivity contribution in [3.63, 3.8) is 0 Å². The van der Waals surface area contributed by atoms with E-state index in [0.717, 1.165) is 12.8 Å². The molecule has 0 aromatic heterocycles. The summed E-state index contributed by atoms with van der Waals surface area (Å²) in [5.74, 6) is -1.78. The molecule has 0 spiro atoms. The Morgan fingerprint density at radius 3 is 2.11 bits per heavy atom. The maximum absolute atomic E-state index is 11.2. The fourth-order valence-electron chi connectivity index (χ4n) is 1.75. The van der Waals surface area contributed by atoms with Crippen LogP contribution < -0.4 is 11.1 Å². The third-order valence-corrected chi connectivity index (χ3v) is 5.73. The van der Waals surface area contributed by atoms with Crippen molar-refractivity contribution in [2.75, 3.05) is 44.5 Å². The summed E-state index contributed by atoms with van der Waals surface area (Å²) in [4.78, 5) is 21.8. The van der Waals surface area contributed by atoms with Gasteiger partial charge in [-0.05, 0) is 19.8 Å². The summed E-state index contributed by atoms with van der Waals surface area (Å²) in [6.45, 7) is 3.09. The van der Waals surface area contributed by atoms with Gasteiger partial charge in [0.1, 0.15) is 12.1 Å². The molecule has 0 aliphatic rings. The number of unbranched alkanes of at least 4 members (excludes halogenated alkanes) is 1. The lowest BCUT2D eigenvalue weighted by molar-refractivity contribution is -0.139. The monoisotopic (exact) mass is 444 g/mol. The van der Waals surface area contributed by atoms with Crippen LogP contribution in [0.3, 0.4) is 0 Å². The molecule has 0 saturated heterocycles. The van der Waals surface area contributed by atoms with E-state index < -0.39 is 36.2 Å². The second kappa shape index (κ2) is 17.3. The molecule has 0 heterocycles. The van der Waals surface area contributed by atoms with Gasteiger partial charge < -0.3 is 41.0 Å². The highest BCUT2D eigenvalue weighted by Crippen LogP contribution is 2.22. The van der Waals surface area contributed by atoms with Gasteiger partial charge in [0, 0.05) is 31.3 Å². The van der Waals surface area contributed by atoms with Gasteiger partial charge in [0.25, 0.3) is 0 Å². The van der Waals surface area contributed by atoms with Crippen LogP contribution in [0.1, 0.15) is 19.8 Å². The third-order valence-electron chi connectivity index (χ3n) is 3.28. The summed E-state index contributed by atoms with van der Waals surface area (Å²) in [6, 6.07) is -1.86. The number of carbonyl (C=O) groups is 2. The molecule has 0 radical (unpaired) electrons. The Hall–Kier alpha value is -0.600. The number of hydrogen-bond donors (Lipinski definition) is 6. The van der Waals surface area contributed by atoms with Crippen molar-refractivity contribution >= 4 is 33.5 Å². The van der Waals surface area contributed by atoms with E-state index in [9.17, 15) is 19.8 Å². The highest BCUT2D eigenvalue weighted by atomic mass is 33.1. The van der Waals surface area contributed by atoms with E-state index in [1.807, 2.05) is 0 Å². The SMILES string of the molecule is CC(O)COCCCCOCC(O)CNC(CSSCC(N)C(=O)O)C(=O)O. The van der Waals surface area contributed by atoms with Gasteiger partial charge in [0.05, 0.1) is 25.4 Å². The minimum Gasteiger partial charge on any atom is -0.480 e. The van der Waals surface area contributed by atoms with Crippen molar-refractivity contribution in [3.8, 4) is 0 Å². The largest absolute Gasteiger partial charge is 0.480 e. The molecule has 0 bridgehead atoms. The molecule has 166 valence electrons. The molecular weight excluding hydrogens is 412 g/mol. The number of rotatable bonds is 19. The predicted molar refractivity (Wildman–Crippen MR) is 109 cm³/mol. The number of carboxylic acid groups (broad SMARTS) is 2. The van der Waals surface area contributed by atoms with E-state index in [-0.39, 0.29) is 24.7 Å². The molecule has 0 aliphatic heterocycles. The number of ether oxygens (including phenoxy) is 2. The van der Waals surface area contributed by atoms with E-state index in [2.05, 4.69) is 5.32 Å². The van der Waals surface area contributed by atoms with Crippen LogP contribution in [0.5, 0.6) is 0 Å². The van der Waals surface area contributed by atoms with Crippen molar-refractivity contribution in [1.82, 2.24) is 5.32 Å². The van der Waals surface area contributed by atoms with Gasteiger partial charge in [0.2, 0.25) is 0 Å². The van der Waals surface area contributed by atoms with Gasteiger partial charge >= 0.3 is 11.9 Å². The van der Waals surface area contributed by atoms with Gasteiger partial charge in [0.15, 0.2) is 0 Å². The van der Waals surface area contributed by atoms with Crippen LogP contribution in [0.15, 0.2) is 0 Å². The first-order valence-electron chi connectivity index (χ1n) is 8.94. The van der Waals surface area contributed by atoms with E-state index in [1.54, 1.807) is 6.92 Å². The molecule has 0 amide bonds. The molecule has 28 heavy (non-hydrogen) atoms. The summed E-state index contributed by atoms with van der Waals surface area (Å²) >= 11 is 0. The highest BCUT2D eigenvalue weighted by Gasteiger charge is 2.19. The molecular formula is C16H32N2O8S2. The zero-order chi connectivity index (χ0) is 21.4. The number of nitrogens with one attached hydrogen (secondary N) is 1. The zero-order valence-corrected chi connectivity index (χ0v) is 17.6. The minimum atomic E-state index is -1.10. The molecule has 0 aromatic rings. The molecule has 12 heteroatoms. The number of carboxylic acids is 2. The Kier molecular flexibility index (Phi) is 16.9. The van der Waals surface area contributed by atoms with Crippen LogP contribution in [0.2, 0.25) is 0 Å². The fourth-order valence-corrected chi connectivity index (χ4v) is 4.05. The van der Waals surface area contributed by atoms with Gasteiger partial charge in [-0.25, -0.2) is 0 Å². The average molecular weight is 445 g/mol. The Morgan fingerprint density at radius 1 is 1.00 bits per heavy atom. The van der Waals surface area contributed by atoms with Crippen molar-refractivity contribution < 1.29 is 39.5 Å². The molecule has 4 atom stereocenters. The van der Waals surface area contributed by atoms with Gasteiger partial charge in [-0.15, -0.1) is 0 Å². The quantitative estimate of drug-likeness (QED) is 0.110. The smallest absolute Gasteiger partial charge is 0.321 e. The van der Waals surface area contributed by atoms with Crippen LogP contribution in [0, 0.1) is 0 Å². The predicted octanol–water partition coefficient (Wildman–Crippen LogP) is -0.622. The number of nitrogens with two attached hydrogens (primary N) is 1. The Bertz CT molecular complexity index is 431. The number of aliphatic carboxylic acids is 2. The molecule has 0 saturated carbocycles. The average Bonchev–Trinajstić information content (AvgIpc) is 2.62. The number of aliphatic hydroxyl groups is 2. The number of aliphatic hydroxyl groups excluding tert-OH is 2. The van der Waals surface area contributed by atoms with Crippen molar-refractivity contribution in [3.05, 3.63) is 0 Å². The van der Waals surface area contributed by atoms with E-state index in [1.165, 1.54) is 21.6 Å². The van der Waals surface area contributed by atoms with Gasteiger partial charge in [-0.3, -0.25) is 9.59 Å². The number of hydrogen-bond acceptors (Lipinski definition) is 10. The summed E-state index contributed by atoms with van der Waals surface area (Å²) in [7, 11) is 2.40. The Labute approximate surface area is 172 Å². The summed E-state index contributed by atoms with van der Waals surface area (Å²) in [5.41, 5.74) is 5.37. The molecule has 4 unspecified atom stereocenters. The van der Waals surface area contributed by atoms with Crippen molar-refractivity contribution in [2.45, 2.75) is 44.1 Å². The van der Waals surface area contributed by atoms with Crippen LogP contribution in [0.25, 0.3) is 0 Å². The Balaban J connectivity index is 3.76. The second-order valence-electron chi connectivity index (χ2n) is 6.17. The van der Waals surface area contributed by atoms with E-state index in [0.29, 0.717) is 19.8 Å². The molecule has 0 aliphatic carbocycles. The van der Waals surface area contributed by atoms with Gasteiger partial charge in [-0.1, -0.05) is 21.6 Å². The molecule has 0 aromatic carbocycles. The molecule has 7 N–H and O–H groups in total. The van der Waals surface area contributed by atoms with Crippen LogP contribution in [-0.4, -0.2) is 101 Å². The summed E-state index contributed by atoms with van der Waals surface area (Å²) in [5, 5.41) is 39.5. The zero-order valence-electron chi connectivity index (χ0n) is 16.0. The lowest BCUT2D eigenvalue weighted by Gasteiger charge is -2.17. The topological polar surface area (TPSA) is 172 Å². The maximum atomic E-state index is 11.2. The van der Waals surface area contributed by atoms with Crippen LogP contribution in [0.4, 0.5) is 0 Å². The first kappa shape index (κ1) is 27.4. The normalized spacial score (nSPS) is 15.7. The highest BCUT2D eigenvalue weighted by molar-refractivity contribution is 8.76. The third kappa shape index (κ3) is 16.4. The maximum Gasteiger partial charge on any atom is 0.321 e. The van der Waals surface area contributed by atoms with Crippen LogP contribution in [-0.2, 0) is 19.1 Å². The van der Waals surface area contributed by atoms with E-state index in [4.69, 9.17) is 25.4 Å². The van der Waals surface area contributed by atoms with Gasteiger partial charge in [-0.2, -0.15) is 0 Å². The standard InChI is InChI=1S/C16H32N2O8S2/c1-11(19)7-25-4-2-3-5-26-8-12(20)6-18-14(16(23)24)10-28-27-9-13(17)15(21)22/h11-14,18-20H,2-10,17H2,1H3,(H,21,22)(H,23,24). The van der Waals surface area contributed by atoms with Crippen LogP contribution >= 0.6 is 21.6 Å². The minimum absolute atomic E-state index is 0.0638. The lowest BCUT2D eigenvalue weighted by Crippen LogP contribution is -2.43. The Morgan fingerprint density at radius 2 is 1.57 bits per heavy atom. The first-order valence-corrected chi connectivity index (χ1v) is 11.4. The summed E-state index contributed by atoms with van der Waals surface area (Å²) < 4.78 is 10.6. The van der Waals surface area contributed by atoms with Crippen molar-refractivity contribution in [2.24, 2.45) is 5.73 Å². The molecule has 0 rings (SSSR count). The first-order chi connectivity index (χ1) is 13.2. The van der Waals surface area contributed by atoms with E-state index >= 15 is 0 Å². The van der Waals surface area contributed by atoms with Crippen molar-refractivity contribution in [1.29, 1.82) is 0 Å². The molecule has 10 nitrogen and oxygen atoms in total. The molecule has 0 fully saturated rings. The second-order valence-corrected chi connectivity index (χ2v) is 8.72. The summed E-state index contributed by atoms with van der Waals surface area (Å²) in [6.07, 6.45) is 0.214. The fraction of sp³-hybridized carbons (Fsp3) is 0.875. The lowest BCUT2D eigenvalue weighted by atomic mass is 10.3.